The Hall–Kier alpha value is -7.62. The minimum atomic E-state index is -6.02. The number of alkyl halides is 3. The molecule has 0 amide bonds. The third kappa shape index (κ3) is 8.51. The second-order valence-corrected chi connectivity index (χ2v) is 16.5. The van der Waals surface area contributed by atoms with Crippen LogP contribution < -0.4 is 4.18 Å². The van der Waals surface area contributed by atoms with Gasteiger partial charge in [0.25, 0.3) is 0 Å². The summed E-state index contributed by atoms with van der Waals surface area (Å²) in [6.45, 7) is 2.06. The number of nitrogens with zero attached hydrogens (tertiary/aromatic N) is 2. The van der Waals surface area contributed by atoms with Crippen molar-refractivity contribution in [3.63, 3.8) is 0 Å². The maximum Gasteiger partial charge on any atom is 0.534 e. The van der Waals surface area contributed by atoms with Crippen molar-refractivity contribution in [3.8, 4) is 95.0 Å². The molecule has 9 heteroatoms. The van der Waals surface area contributed by atoms with Crippen LogP contribution in [0.25, 0.3) is 89.3 Å². The van der Waals surface area contributed by atoms with Gasteiger partial charge in [0, 0.05) is 34.6 Å². The highest BCUT2D eigenvalue weighted by molar-refractivity contribution is 7.88. The quantitative estimate of drug-likeness (QED) is 0.101. The van der Waals surface area contributed by atoms with Gasteiger partial charge in [-0.25, -0.2) is 0 Å². The van der Waals surface area contributed by atoms with Gasteiger partial charge in [0.2, 0.25) is 0 Å². The third-order valence-electron chi connectivity index (χ3n) is 10.9. The third-order valence-corrected chi connectivity index (χ3v) is 11.9. The van der Waals surface area contributed by atoms with Gasteiger partial charge >= 0.3 is 15.6 Å². The molecule has 63 heavy (non-hydrogen) atoms. The molecule has 0 aliphatic carbocycles. The lowest BCUT2D eigenvalue weighted by atomic mass is 9.88. The highest BCUT2D eigenvalue weighted by Gasteiger charge is 2.48. The number of halogens is 3. The smallest absolute Gasteiger partial charge is 0.376 e. The lowest BCUT2D eigenvalue weighted by molar-refractivity contribution is -0.0500. The molecule has 0 bridgehead atoms. The van der Waals surface area contributed by atoms with Crippen LogP contribution in [-0.2, 0) is 10.1 Å². The van der Waals surface area contributed by atoms with E-state index in [0.717, 1.165) is 72.6 Å². The molecule has 0 saturated carbocycles. The second-order valence-electron chi connectivity index (χ2n) is 15.0. The minimum Gasteiger partial charge on any atom is -0.376 e. The van der Waals surface area contributed by atoms with E-state index in [1.807, 2.05) is 170 Å². The Morgan fingerprint density at radius 2 is 0.794 bits per heavy atom. The molecule has 0 radical (unpaired) electrons. The van der Waals surface area contributed by atoms with Crippen molar-refractivity contribution >= 4 is 10.1 Å². The van der Waals surface area contributed by atoms with Gasteiger partial charge in [-0.1, -0.05) is 164 Å². The number of hydrogen-bond acceptors (Lipinski definition) is 5. The second kappa shape index (κ2) is 17.0. The lowest BCUT2D eigenvalue weighted by Crippen LogP contribution is -2.28. The summed E-state index contributed by atoms with van der Waals surface area (Å²) in [5, 5.41) is 0. The first-order valence-electron chi connectivity index (χ1n) is 20.1. The summed E-state index contributed by atoms with van der Waals surface area (Å²) in [6, 6.07) is 61.2. The van der Waals surface area contributed by atoms with Gasteiger partial charge in [0.1, 0.15) is 5.75 Å². The molecule has 2 aromatic heterocycles. The summed E-state index contributed by atoms with van der Waals surface area (Å²) < 4.78 is 71.5. The van der Waals surface area contributed by atoms with E-state index in [1.165, 1.54) is 12.1 Å². The van der Waals surface area contributed by atoms with E-state index in [-0.39, 0.29) is 0 Å². The molecule has 0 saturated heterocycles. The zero-order chi connectivity index (χ0) is 43.6. The predicted molar refractivity (Wildman–Crippen MR) is 246 cm³/mol. The Bertz CT molecular complexity index is 3200. The van der Waals surface area contributed by atoms with Crippen LogP contribution in [0.1, 0.15) is 5.56 Å². The van der Waals surface area contributed by atoms with E-state index < -0.39 is 21.4 Å². The first kappa shape index (κ1) is 40.8. The van der Waals surface area contributed by atoms with E-state index in [9.17, 15) is 21.6 Å². The Kier molecular flexibility index (Phi) is 11.0. The van der Waals surface area contributed by atoms with E-state index in [0.29, 0.717) is 22.3 Å². The van der Waals surface area contributed by atoms with Gasteiger partial charge in [-0.15, -0.1) is 0 Å². The van der Waals surface area contributed by atoms with Crippen molar-refractivity contribution in [3.05, 3.63) is 212 Å². The molecule has 7 aromatic carbocycles. The molecular weight excluding hydrogens is 814 g/mol. The van der Waals surface area contributed by atoms with Crippen LogP contribution in [0.4, 0.5) is 13.2 Å². The Balaban J connectivity index is 1.15. The Morgan fingerprint density at radius 3 is 1.33 bits per heavy atom. The van der Waals surface area contributed by atoms with Crippen LogP contribution in [0.2, 0.25) is 0 Å². The molecule has 0 spiro atoms. The number of rotatable bonds is 10. The molecule has 0 aliphatic rings. The summed E-state index contributed by atoms with van der Waals surface area (Å²) in [5.74, 6) is -0.485. The highest BCUT2D eigenvalue weighted by Crippen LogP contribution is 2.43. The number of aromatic nitrogens is 2. The Morgan fingerprint density at radius 1 is 0.397 bits per heavy atom. The molecule has 9 rings (SSSR count). The molecule has 9 aromatic rings. The van der Waals surface area contributed by atoms with Gasteiger partial charge in [0.05, 0.1) is 11.4 Å². The lowest BCUT2D eigenvalue weighted by Gasteiger charge is -2.18. The number of hydrogen-bond donors (Lipinski definition) is 0. The fraction of sp³-hybridized carbons (Fsp3) is 0.0370. The van der Waals surface area contributed by atoms with Crippen molar-refractivity contribution in [2.75, 3.05) is 0 Å². The maximum absolute atomic E-state index is 13.8. The molecular formula is C54H37F3N2O3S. The SMILES string of the molecule is Cc1cc(-c2ccc(-c3ccccc3-c3cc(OS(=O)(=O)C(F)(F)F)cc(-c4ccccc4-c4cnc(-c5ccccc5)cc4-c4ccccc4)c3)cc2)ncc1-c1ccccc1. The maximum atomic E-state index is 13.8. The monoisotopic (exact) mass is 850 g/mol. The van der Waals surface area contributed by atoms with E-state index in [4.69, 9.17) is 14.2 Å². The molecule has 0 fully saturated rings. The molecule has 0 aliphatic heterocycles. The normalized spacial score (nSPS) is 11.6. The summed E-state index contributed by atoms with van der Waals surface area (Å²) in [4.78, 5) is 9.63. The van der Waals surface area contributed by atoms with Crippen molar-refractivity contribution < 1.29 is 25.8 Å². The van der Waals surface area contributed by atoms with Crippen molar-refractivity contribution in [2.24, 2.45) is 0 Å². The van der Waals surface area contributed by atoms with E-state index >= 15 is 0 Å². The molecule has 0 atom stereocenters. The topological polar surface area (TPSA) is 69.2 Å². The summed E-state index contributed by atoms with van der Waals surface area (Å²) in [6.07, 6.45) is 3.68. The fourth-order valence-corrected chi connectivity index (χ4v) is 8.28. The van der Waals surface area contributed by atoms with Crippen LogP contribution in [0.15, 0.2) is 207 Å². The average molecular weight is 851 g/mol. The summed E-state index contributed by atoms with van der Waals surface area (Å²) >= 11 is 0. The van der Waals surface area contributed by atoms with Crippen molar-refractivity contribution in [1.29, 1.82) is 0 Å². The Labute approximate surface area is 364 Å². The van der Waals surface area contributed by atoms with Gasteiger partial charge in [0.15, 0.2) is 0 Å². The van der Waals surface area contributed by atoms with Crippen LogP contribution in [0.3, 0.4) is 0 Å². The first-order valence-corrected chi connectivity index (χ1v) is 21.5. The molecule has 0 N–H and O–H groups in total. The van der Waals surface area contributed by atoms with Crippen molar-refractivity contribution in [2.45, 2.75) is 12.4 Å². The summed E-state index contributed by atoms with van der Waals surface area (Å²) in [7, 11) is -6.02. The minimum absolute atomic E-state index is 0.437. The zero-order valence-electron chi connectivity index (χ0n) is 33.8. The van der Waals surface area contributed by atoms with Gasteiger partial charge < -0.3 is 4.18 Å². The standard InChI is InChI=1S/C54H37F3N2O3S/c1-36-29-52(58-34-50(36)38-17-7-3-8-18-38)41-27-25-39(26-28-41)45-21-11-12-22-46(45)42-30-43(32-44(31-42)62-63(60,61)54(55,56)57)47-23-13-14-24-48(47)51-35-59-53(40-19-9-4-10-20-40)33-49(51)37-15-5-2-6-16-37/h2-35H,1H3. The summed E-state index contributed by atoms with van der Waals surface area (Å²) in [5.41, 5.74) is 8.10. The largest absolute Gasteiger partial charge is 0.534 e. The molecule has 0 unspecified atom stereocenters. The number of pyridine rings is 2. The highest BCUT2D eigenvalue weighted by atomic mass is 32.2. The van der Waals surface area contributed by atoms with Crippen molar-refractivity contribution in [1.82, 2.24) is 9.97 Å². The average Bonchev–Trinajstić information content (AvgIpc) is 3.31. The predicted octanol–water partition coefficient (Wildman–Crippen LogP) is 14.3. The van der Waals surface area contributed by atoms with Crippen LogP contribution in [-0.4, -0.2) is 23.9 Å². The van der Waals surface area contributed by atoms with Crippen LogP contribution in [0.5, 0.6) is 5.75 Å². The number of benzene rings is 7. The molecule has 308 valence electrons. The fourth-order valence-electron chi connectivity index (χ4n) is 7.84. The van der Waals surface area contributed by atoms with Gasteiger partial charge in [-0.05, 0) is 98.5 Å². The molecule has 2 heterocycles. The van der Waals surface area contributed by atoms with Gasteiger partial charge in [-0.3, -0.25) is 9.97 Å². The first-order chi connectivity index (χ1) is 30.5. The van der Waals surface area contributed by atoms with E-state index in [1.54, 1.807) is 6.20 Å². The van der Waals surface area contributed by atoms with Crippen LogP contribution in [0, 0.1) is 6.92 Å². The van der Waals surface area contributed by atoms with E-state index in [2.05, 4.69) is 25.1 Å². The van der Waals surface area contributed by atoms with Crippen LogP contribution >= 0.6 is 0 Å². The zero-order valence-corrected chi connectivity index (χ0v) is 34.6. The molecule has 5 nitrogen and oxygen atoms in total. The number of aryl methyl sites for hydroxylation is 1. The van der Waals surface area contributed by atoms with Gasteiger partial charge in [-0.2, -0.15) is 21.6 Å².